The Morgan fingerprint density at radius 2 is 2.22 bits per heavy atom. The van der Waals surface area contributed by atoms with Crippen LogP contribution < -0.4 is 11.1 Å². The first kappa shape index (κ1) is 13.0. The number of nitrogens with two attached hydrogens (primary N) is 1. The third kappa shape index (κ3) is 2.86. The van der Waals surface area contributed by atoms with Gasteiger partial charge in [0.25, 0.3) is 0 Å². The van der Waals surface area contributed by atoms with Gasteiger partial charge in [-0.2, -0.15) is 0 Å². The minimum Gasteiger partial charge on any atom is -0.396 e. The predicted molar refractivity (Wildman–Crippen MR) is 65.4 cm³/mol. The number of hydrogen-bond acceptors (Lipinski definition) is 3. The Morgan fingerprint density at radius 1 is 1.50 bits per heavy atom. The smallest absolute Gasteiger partial charge is 0.248 e. The van der Waals surface area contributed by atoms with Crippen LogP contribution in [0.25, 0.3) is 0 Å². The highest BCUT2D eigenvalue weighted by Crippen LogP contribution is 2.44. The van der Waals surface area contributed by atoms with Crippen LogP contribution >= 0.6 is 0 Å². The highest BCUT2D eigenvalue weighted by atomic mass is 19.1. The lowest BCUT2D eigenvalue weighted by atomic mass is 10.1. The summed E-state index contributed by atoms with van der Waals surface area (Å²) in [6.45, 7) is 1.14. The number of nitrogens with one attached hydrogen (secondary N) is 1. The molecule has 4 nitrogen and oxygen atoms in total. The highest BCUT2D eigenvalue weighted by Gasteiger charge is 2.41. The van der Waals surface area contributed by atoms with Crippen molar-refractivity contribution in [3.05, 3.63) is 35.1 Å². The monoisotopic (exact) mass is 252 g/mol. The molecule has 98 valence electrons. The van der Waals surface area contributed by atoms with E-state index in [2.05, 4.69) is 5.32 Å². The zero-order valence-corrected chi connectivity index (χ0v) is 10.1. The summed E-state index contributed by atoms with van der Waals surface area (Å²) in [5, 5.41) is 12.3. The number of aliphatic hydroxyl groups excluding tert-OH is 1. The summed E-state index contributed by atoms with van der Waals surface area (Å²) in [6.07, 6.45) is 2.00. The van der Waals surface area contributed by atoms with E-state index in [0.29, 0.717) is 24.2 Å². The molecular weight excluding hydrogens is 235 g/mol. The molecule has 1 saturated carbocycles. The molecule has 1 fully saturated rings. The fourth-order valence-electron chi connectivity index (χ4n) is 1.89. The molecule has 0 heterocycles. The lowest BCUT2D eigenvalue weighted by molar-refractivity contribution is 0.1000. The maximum atomic E-state index is 13.5. The van der Waals surface area contributed by atoms with Crippen LogP contribution in [0, 0.1) is 11.2 Å². The van der Waals surface area contributed by atoms with Gasteiger partial charge in [0.1, 0.15) is 5.82 Å². The molecule has 0 aliphatic heterocycles. The van der Waals surface area contributed by atoms with Crippen molar-refractivity contribution in [1.29, 1.82) is 0 Å². The van der Waals surface area contributed by atoms with Crippen molar-refractivity contribution in [2.24, 2.45) is 11.1 Å². The Morgan fingerprint density at radius 3 is 2.78 bits per heavy atom. The molecule has 0 bridgehead atoms. The van der Waals surface area contributed by atoms with E-state index in [4.69, 9.17) is 10.8 Å². The number of rotatable bonds is 6. The number of amides is 1. The fraction of sp³-hybridized carbons (Fsp3) is 0.462. The van der Waals surface area contributed by atoms with Crippen LogP contribution in [0.1, 0.15) is 28.8 Å². The van der Waals surface area contributed by atoms with Crippen LogP contribution in [0.3, 0.4) is 0 Å². The number of halogens is 1. The number of primary amides is 1. The second kappa shape index (κ2) is 5.04. The minimum absolute atomic E-state index is 0.0161. The molecule has 0 radical (unpaired) electrons. The molecule has 18 heavy (non-hydrogen) atoms. The first-order chi connectivity index (χ1) is 8.56. The molecule has 0 unspecified atom stereocenters. The number of carbonyl (C=O) groups excluding carboxylic acids is 1. The second-order valence-corrected chi connectivity index (χ2v) is 4.93. The van der Waals surface area contributed by atoms with Gasteiger partial charge in [-0.05, 0) is 31.0 Å². The van der Waals surface area contributed by atoms with Crippen molar-refractivity contribution >= 4 is 5.91 Å². The summed E-state index contributed by atoms with van der Waals surface area (Å²) in [7, 11) is 0. The van der Waals surface area contributed by atoms with Gasteiger partial charge < -0.3 is 16.2 Å². The van der Waals surface area contributed by atoms with Gasteiger partial charge in [-0.1, -0.05) is 0 Å². The number of benzene rings is 1. The summed E-state index contributed by atoms with van der Waals surface area (Å²) in [4.78, 5) is 11.0. The van der Waals surface area contributed by atoms with Gasteiger partial charge in [0, 0.05) is 36.2 Å². The third-order valence-corrected chi connectivity index (χ3v) is 3.44. The summed E-state index contributed by atoms with van der Waals surface area (Å²) in [5.41, 5.74) is 5.85. The van der Waals surface area contributed by atoms with Crippen molar-refractivity contribution in [2.75, 3.05) is 13.2 Å². The first-order valence-corrected chi connectivity index (χ1v) is 5.96. The van der Waals surface area contributed by atoms with Crippen LogP contribution in [-0.4, -0.2) is 24.2 Å². The maximum Gasteiger partial charge on any atom is 0.248 e. The molecule has 1 aromatic rings. The summed E-state index contributed by atoms with van der Waals surface area (Å²) in [6, 6.07) is 4.08. The molecule has 1 aliphatic carbocycles. The van der Waals surface area contributed by atoms with Gasteiger partial charge in [0.05, 0.1) is 0 Å². The molecule has 1 amide bonds. The topological polar surface area (TPSA) is 75.4 Å². The molecule has 1 aliphatic rings. The fourth-order valence-corrected chi connectivity index (χ4v) is 1.89. The number of aliphatic hydroxyl groups is 1. The zero-order chi connectivity index (χ0) is 13.2. The van der Waals surface area contributed by atoms with Crippen molar-refractivity contribution in [3.63, 3.8) is 0 Å². The van der Waals surface area contributed by atoms with E-state index in [0.717, 1.165) is 12.8 Å². The van der Waals surface area contributed by atoms with Crippen molar-refractivity contribution in [1.82, 2.24) is 5.32 Å². The quantitative estimate of drug-likeness (QED) is 0.700. The van der Waals surface area contributed by atoms with Gasteiger partial charge in [-0.15, -0.1) is 0 Å². The molecule has 2 rings (SSSR count). The van der Waals surface area contributed by atoms with E-state index >= 15 is 0 Å². The lowest BCUT2D eigenvalue weighted by Gasteiger charge is -2.13. The Labute approximate surface area is 105 Å². The van der Waals surface area contributed by atoms with E-state index in [-0.39, 0.29) is 17.8 Å². The maximum absolute atomic E-state index is 13.5. The zero-order valence-electron chi connectivity index (χ0n) is 10.1. The average molecular weight is 252 g/mol. The number of hydrogen-bond donors (Lipinski definition) is 3. The normalized spacial score (nSPS) is 16.6. The van der Waals surface area contributed by atoms with Gasteiger partial charge in [-0.3, -0.25) is 4.79 Å². The SMILES string of the molecule is NC(=O)c1ccc(F)c(CNCC2(CO)CC2)c1. The first-order valence-electron chi connectivity index (χ1n) is 5.96. The Kier molecular flexibility index (Phi) is 3.63. The molecule has 1 aromatic carbocycles. The van der Waals surface area contributed by atoms with Gasteiger partial charge in [0.15, 0.2) is 0 Å². The van der Waals surface area contributed by atoms with E-state index in [1.165, 1.54) is 18.2 Å². The standard InChI is InChI=1S/C13H17FN2O2/c14-11-2-1-9(12(15)18)5-10(11)6-16-7-13(8-17)3-4-13/h1-2,5,16-17H,3-4,6-8H2,(H2,15,18). The Balaban J connectivity index is 1.96. The van der Waals surface area contributed by atoms with E-state index in [1.54, 1.807) is 0 Å². The third-order valence-electron chi connectivity index (χ3n) is 3.44. The number of carbonyl (C=O) groups is 1. The van der Waals surface area contributed by atoms with Crippen LogP contribution in [0.2, 0.25) is 0 Å². The summed E-state index contributed by atoms with van der Waals surface area (Å²) >= 11 is 0. The predicted octanol–water partition coefficient (Wildman–Crippen LogP) is 0.787. The molecule has 0 aromatic heterocycles. The van der Waals surface area contributed by atoms with Crippen molar-refractivity contribution < 1.29 is 14.3 Å². The summed E-state index contributed by atoms with van der Waals surface area (Å²) in [5.74, 6) is -0.924. The van der Waals surface area contributed by atoms with Gasteiger partial charge in [-0.25, -0.2) is 4.39 Å². The van der Waals surface area contributed by atoms with E-state index in [1.807, 2.05) is 0 Å². The largest absolute Gasteiger partial charge is 0.396 e. The van der Waals surface area contributed by atoms with Crippen LogP contribution in [0.15, 0.2) is 18.2 Å². The van der Waals surface area contributed by atoms with Gasteiger partial charge >= 0.3 is 0 Å². The Hall–Kier alpha value is -1.46. The minimum atomic E-state index is -0.565. The van der Waals surface area contributed by atoms with E-state index < -0.39 is 5.91 Å². The molecule has 0 spiro atoms. The van der Waals surface area contributed by atoms with Crippen LogP contribution in [0.5, 0.6) is 0 Å². The van der Waals surface area contributed by atoms with Crippen LogP contribution in [-0.2, 0) is 6.54 Å². The summed E-state index contributed by atoms with van der Waals surface area (Å²) < 4.78 is 13.5. The highest BCUT2D eigenvalue weighted by molar-refractivity contribution is 5.92. The average Bonchev–Trinajstić information content (AvgIpc) is 3.12. The van der Waals surface area contributed by atoms with E-state index in [9.17, 15) is 9.18 Å². The van der Waals surface area contributed by atoms with Crippen molar-refractivity contribution in [2.45, 2.75) is 19.4 Å². The molecular formula is C13H17FN2O2. The van der Waals surface area contributed by atoms with Crippen LogP contribution in [0.4, 0.5) is 4.39 Å². The molecule has 4 N–H and O–H groups in total. The second-order valence-electron chi connectivity index (χ2n) is 4.93. The molecule has 0 saturated heterocycles. The molecule has 0 atom stereocenters. The van der Waals surface area contributed by atoms with Gasteiger partial charge in [0.2, 0.25) is 5.91 Å². The lowest BCUT2D eigenvalue weighted by Crippen LogP contribution is -2.26. The molecule has 5 heteroatoms. The van der Waals surface area contributed by atoms with Crippen molar-refractivity contribution in [3.8, 4) is 0 Å². The Bertz CT molecular complexity index is 458.